The van der Waals surface area contributed by atoms with Crippen LogP contribution < -0.4 is 0 Å². The summed E-state index contributed by atoms with van der Waals surface area (Å²) in [5, 5.41) is 2.15. The predicted molar refractivity (Wildman–Crippen MR) is 96.9 cm³/mol. The third-order valence-electron chi connectivity index (χ3n) is 6.27. The molecular formula is C20H24N2OS. The van der Waals surface area contributed by atoms with E-state index in [0.29, 0.717) is 11.7 Å². The minimum absolute atomic E-state index is 0.232. The SMILES string of the molecule is O=C1c2c([nH]c3c2CCC3)C[C@@H]2CCN(CCc3cccs3)C[C@@H]12. The number of thiophene rings is 1. The Morgan fingerprint density at radius 3 is 3.12 bits per heavy atom. The van der Waals surface area contributed by atoms with Gasteiger partial charge in [-0.2, -0.15) is 0 Å². The number of aromatic amines is 1. The summed E-state index contributed by atoms with van der Waals surface area (Å²) in [6.45, 7) is 3.21. The Balaban J connectivity index is 1.33. The molecule has 0 spiro atoms. The summed E-state index contributed by atoms with van der Waals surface area (Å²) in [4.78, 5) is 20.8. The van der Waals surface area contributed by atoms with Crippen LogP contribution in [0.4, 0.5) is 0 Å². The molecule has 3 nitrogen and oxygen atoms in total. The number of ketones is 1. The number of piperidine rings is 1. The highest BCUT2D eigenvalue weighted by atomic mass is 32.1. The second-order valence-electron chi connectivity index (χ2n) is 7.64. The molecule has 0 bridgehead atoms. The van der Waals surface area contributed by atoms with Crippen molar-refractivity contribution in [2.24, 2.45) is 11.8 Å². The fourth-order valence-electron chi connectivity index (χ4n) is 5.02. The van der Waals surface area contributed by atoms with Gasteiger partial charge in [0.15, 0.2) is 5.78 Å². The summed E-state index contributed by atoms with van der Waals surface area (Å²) in [5.74, 6) is 1.23. The summed E-state index contributed by atoms with van der Waals surface area (Å²) < 4.78 is 0. The van der Waals surface area contributed by atoms with E-state index < -0.39 is 0 Å². The summed E-state index contributed by atoms with van der Waals surface area (Å²) in [7, 11) is 0. The largest absolute Gasteiger partial charge is 0.361 e. The van der Waals surface area contributed by atoms with Crippen molar-refractivity contribution in [2.75, 3.05) is 19.6 Å². The fraction of sp³-hybridized carbons (Fsp3) is 0.550. The molecule has 126 valence electrons. The first-order valence-corrected chi connectivity index (χ1v) is 10.2. The highest BCUT2D eigenvalue weighted by Crippen LogP contribution is 2.40. The first kappa shape index (κ1) is 14.9. The lowest BCUT2D eigenvalue weighted by Gasteiger charge is -2.40. The van der Waals surface area contributed by atoms with Gasteiger partial charge in [-0.3, -0.25) is 4.79 Å². The van der Waals surface area contributed by atoms with E-state index in [9.17, 15) is 4.79 Å². The van der Waals surface area contributed by atoms with Crippen LogP contribution in [0.25, 0.3) is 0 Å². The van der Waals surface area contributed by atoms with Crippen molar-refractivity contribution >= 4 is 17.1 Å². The third-order valence-corrected chi connectivity index (χ3v) is 7.20. The number of rotatable bonds is 3. The zero-order chi connectivity index (χ0) is 16.1. The van der Waals surface area contributed by atoms with E-state index in [-0.39, 0.29) is 5.92 Å². The molecule has 0 unspecified atom stereocenters. The molecule has 2 aliphatic carbocycles. The molecule has 0 saturated carbocycles. The van der Waals surface area contributed by atoms with Gasteiger partial charge in [0.2, 0.25) is 0 Å². The van der Waals surface area contributed by atoms with Gasteiger partial charge in [-0.25, -0.2) is 0 Å². The van der Waals surface area contributed by atoms with Crippen LogP contribution in [0.15, 0.2) is 17.5 Å². The zero-order valence-corrected chi connectivity index (χ0v) is 14.8. The minimum atomic E-state index is 0.232. The molecule has 0 amide bonds. The number of Topliss-reactive ketones (excluding diaryl/α,β-unsaturated/α-hetero) is 1. The molecule has 2 atom stereocenters. The van der Waals surface area contributed by atoms with E-state index in [1.807, 2.05) is 11.3 Å². The molecule has 4 heteroatoms. The van der Waals surface area contributed by atoms with Crippen LogP contribution in [0, 0.1) is 11.8 Å². The highest BCUT2D eigenvalue weighted by Gasteiger charge is 2.42. The number of fused-ring (bicyclic) bond motifs is 4. The molecule has 0 radical (unpaired) electrons. The summed E-state index contributed by atoms with van der Waals surface area (Å²) in [6, 6.07) is 4.35. The van der Waals surface area contributed by atoms with Crippen molar-refractivity contribution in [3.63, 3.8) is 0 Å². The van der Waals surface area contributed by atoms with E-state index >= 15 is 0 Å². The van der Waals surface area contributed by atoms with E-state index in [1.165, 1.54) is 34.7 Å². The maximum atomic E-state index is 13.2. The maximum Gasteiger partial charge on any atom is 0.169 e. The average Bonchev–Trinajstić information content (AvgIpc) is 3.30. The van der Waals surface area contributed by atoms with Gasteiger partial charge >= 0.3 is 0 Å². The summed E-state index contributed by atoms with van der Waals surface area (Å²) in [6.07, 6.45) is 6.84. The molecule has 5 rings (SSSR count). The van der Waals surface area contributed by atoms with Crippen LogP contribution in [-0.4, -0.2) is 35.3 Å². The van der Waals surface area contributed by atoms with Gasteiger partial charge in [-0.15, -0.1) is 11.3 Å². The second kappa shape index (κ2) is 5.85. The number of carbonyl (C=O) groups excluding carboxylic acids is 1. The lowest BCUT2D eigenvalue weighted by Crippen LogP contribution is -2.47. The van der Waals surface area contributed by atoms with Gasteiger partial charge in [-0.05, 0) is 68.0 Å². The second-order valence-corrected chi connectivity index (χ2v) is 8.68. The van der Waals surface area contributed by atoms with Gasteiger partial charge < -0.3 is 9.88 Å². The Kier molecular flexibility index (Phi) is 3.64. The topological polar surface area (TPSA) is 36.1 Å². The maximum absolute atomic E-state index is 13.2. The molecule has 1 saturated heterocycles. The van der Waals surface area contributed by atoms with Crippen LogP contribution in [0.2, 0.25) is 0 Å². The number of nitrogens with one attached hydrogen (secondary N) is 1. The van der Waals surface area contributed by atoms with Gasteiger partial charge in [0.1, 0.15) is 0 Å². The number of hydrogen-bond donors (Lipinski definition) is 1. The van der Waals surface area contributed by atoms with Crippen LogP contribution in [0.1, 0.15) is 45.0 Å². The molecule has 2 aromatic rings. The molecule has 3 aliphatic rings. The van der Waals surface area contributed by atoms with Crippen LogP contribution in [-0.2, 0) is 25.7 Å². The number of hydrogen-bond acceptors (Lipinski definition) is 3. The number of carbonyl (C=O) groups is 1. The molecule has 1 N–H and O–H groups in total. The van der Waals surface area contributed by atoms with Crippen LogP contribution in [0.3, 0.4) is 0 Å². The quantitative estimate of drug-likeness (QED) is 0.928. The Morgan fingerprint density at radius 2 is 2.25 bits per heavy atom. The van der Waals surface area contributed by atoms with E-state index in [0.717, 1.165) is 50.9 Å². The van der Waals surface area contributed by atoms with Gasteiger partial charge in [-0.1, -0.05) is 6.07 Å². The van der Waals surface area contributed by atoms with Crippen molar-refractivity contribution in [3.05, 3.63) is 44.9 Å². The normalized spacial score (nSPS) is 26.2. The smallest absolute Gasteiger partial charge is 0.169 e. The average molecular weight is 340 g/mol. The van der Waals surface area contributed by atoms with Crippen molar-refractivity contribution in [1.29, 1.82) is 0 Å². The molecule has 0 aromatic carbocycles. The number of aromatic nitrogens is 1. The summed E-state index contributed by atoms with van der Waals surface area (Å²) >= 11 is 1.84. The third kappa shape index (κ3) is 2.39. The molecule has 24 heavy (non-hydrogen) atoms. The Hall–Kier alpha value is -1.39. The first-order valence-electron chi connectivity index (χ1n) is 9.31. The lowest BCUT2D eigenvalue weighted by molar-refractivity contribution is 0.0663. The number of nitrogens with zero attached hydrogens (tertiary/aromatic N) is 1. The molecule has 2 aromatic heterocycles. The Morgan fingerprint density at radius 1 is 1.29 bits per heavy atom. The Bertz CT molecular complexity index is 761. The monoisotopic (exact) mass is 340 g/mol. The number of likely N-dealkylation sites (tertiary alicyclic amines) is 1. The first-order chi connectivity index (χ1) is 11.8. The number of aryl methyl sites for hydroxylation is 1. The van der Waals surface area contributed by atoms with Gasteiger partial charge in [0.25, 0.3) is 0 Å². The standard InChI is InChI=1S/C20H24N2OS/c23-20-16-12-22(9-7-14-3-2-10-24-14)8-6-13(16)11-18-19(20)15-4-1-5-17(15)21-18/h2-3,10,13,16,21H,1,4-9,11-12H2/t13-,16+/m0/s1. The van der Waals surface area contributed by atoms with E-state index in [4.69, 9.17) is 0 Å². The highest BCUT2D eigenvalue weighted by molar-refractivity contribution is 7.09. The number of H-pyrrole nitrogens is 1. The minimum Gasteiger partial charge on any atom is -0.361 e. The molecule has 1 aliphatic heterocycles. The fourth-order valence-corrected chi connectivity index (χ4v) is 5.72. The van der Waals surface area contributed by atoms with Crippen molar-refractivity contribution in [2.45, 2.75) is 38.5 Å². The molecule has 3 heterocycles. The predicted octanol–water partition coefficient (Wildman–Crippen LogP) is 3.48. The molecule has 1 fully saturated rings. The van der Waals surface area contributed by atoms with E-state index in [1.54, 1.807) is 0 Å². The molecular weight excluding hydrogens is 316 g/mol. The zero-order valence-electron chi connectivity index (χ0n) is 14.0. The Labute approximate surface area is 147 Å². The summed E-state index contributed by atoms with van der Waals surface area (Å²) in [5.41, 5.74) is 5.09. The van der Waals surface area contributed by atoms with Crippen molar-refractivity contribution in [1.82, 2.24) is 9.88 Å². The van der Waals surface area contributed by atoms with Gasteiger partial charge in [0.05, 0.1) is 0 Å². The van der Waals surface area contributed by atoms with Crippen LogP contribution in [0.5, 0.6) is 0 Å². The van der Waals surface area contributed by atoms with Crippen molar-refractivity contribution in [3.8, 4) is 0 Å². The van der Waals surface area contributed by atoms with E-state index in [2.05, 4.69) is 27.4 Å². The van der Waals surface area contributed by atoms with Gasteiger partial charge in [0, 0.05) is 40.8 Å². The van der Waals surface area contributed by atoms with Crippen LogP contribution >= 0.6 is 11.3 Å². The van der Waals surface area contributed by atoms with Crippen molar-refractivity contribution < 1.29 is 4.79 Å². The lowest BCUT2D eigenvalue weighted by atomic mass is 9.72.